The molecule has 0 atom stereocenters. The van der Waals surface area contributed by atoms with Crippen LogP contribution < -0.4 is 10.6 Å². The molecule has 6 nitrogen and oxygen atoms in total. The zero-order valence-corrected chi connectivity index (χ0v) is 18.0. The quantitative estimate of drug-likeness (QED) is 0.365. The minimum absolute atomic E-state index is 0. The van der Waals surface area contributed by atoms with E-state index >= 15 is 0 Å². The largest absolute Gasteiger partial charge is 0.381 e. The third kappa shape index (κ3) is 5.85. The number of thiophene rings is 1. The second-order valence-corrected chi connectivity index (χ2v) is 9.14. The lowest BCUT2D eigenvalue weighted by Crippen LogP contribution is -2.53. The van der Waals surface area contributed by atoms with Crippen molar-refractivity contribution in [2.45, 2.75) is 31.1 Å². The Bertz CT molecular complexity index is 612. The highest BCUT2D eigenvalue weighted by Crippen LogP contribution is 2.28. The van der Waals surface area contributed by atoms with Gasteiger partial charge in [-0.1, -0.05) is 6.07 Å². The molecule has 1 aromatic rings. The molecule has 0 amide bonds. The second kappa shape index (κ2) is 9.93. The van der Waals surface area contributed by atoms with Gasteiger partial charge in [-0.3, -0.25) is 0 Å². The summed E-state index contributed by atoms with van der Waals surface area (Å²) in [6.45, 7) is 4.62. The molecule has 1 saturated heterocycles. The molecule has 9 heteroatoms. The first-order valence-corrected chi connectivity index (χ1v) is 10.6. The van der Waals surface area contributed by atoms with Crippen LogP contribution in [0.2, 0.25) is 0 Å². The number of halogens is 1. The summed E-state index contributed by atoms with van der Waals surface area (Å²) in [5.41, 5.74) is 0. The van der Waals surface area contributed by atoms with Crippen molar-refractivity contribution < 1.29 is 13.2 Å². The van der Waals surface area contributed by atoms with Gasteiger partial charge < -0.3 is 15.4 Å². The topological polar surface area (TPSA) is 79.8 Å². The lowest BCUT2D eigenvalue weighted by Gasteiger charge is -2.35. The van der Waals surface area contributed by atoms with Crippen molar-refractivity contribution in [3.05, 3.63) is 22.4 Å². The first kappa shape index (κ1) is 21.7. The van der Waals surface area contributed by atoms with Crippen molar-refractivity contribution in [3.63, 3.8) is 0 Å². The number of ether oxygens (including phenoxy) is 1. The fourth-order valence-electron chi connectivity index (χ4n) is 2.57. The molecule has 0 spiro atoms. The zero-order valence-electron chi connectivity index (χ0n) is 14.1. The lowest BCUT2D eigenvalue weighted by molar-refractivity contribution is 0.0756. The first-order chi connectivity index (χ1) is 11.0. The Morgan fingerprint density at radius 3 is 2.62 bits per heavy atom. The fraction of sp³-hybridized carbons (Fsp3) is 0.667. The molecule has 24 heavy (non-hydrogen) atoms. The SMILES string of the molecule is CCNC(=NCc1cccs1)NCC1(S(C)(=O)=O)CCOCC1.I. The number of rotatable bonds is 6. The van der Waals surface area contributed by atoms with E-state index in [0.717, 1.165) is 6.54 Å². The predicted molar refractivity (Wildman–Crippen MR) is 110 cm³/mol. The van der Waals surface area contributed by atoms with E-state index in [1.54, 1.807) is 11.3 Å². The van der Waals surface area contributed by atoms with Crippen molar-refractivity contribution in [2.75, 3.05) is 32.6 Å². The lowest BCUT2D eigenvalue weighted by atomic mass is 9.99. The molecule has 1 fully saturated rings. The summed E-state index contributed by atoms with van der Waals surface area (Å²) in [6, 6.07) is 4.03. The highest BCUT2D eigenvalue weighted by atomic mass is 127. The molecular weight excluding hydrogens is 461 g/mol. The number of nitrogens with zero attached hydrogens (tertiary/aromatic N) is 1. The van der Waals surface area contributed by atoms with Gasteiger partial charge in [0.2, 0.25) is 0 Å². The third-order valence-corrected chi connectivity index (χ3v) is 7.07. The Kier molecular flexibility index (Phi) is 8.96. The average molecular weight is 487 g/mol. The minimum Gasteiger partial charge on any atom is -0.381 e. The number of sulfone groups is 1. The van der Waals surface area contributed by atoms with Crippen LogP contribution in [0.3, 0.4) is 0 Å². The molecule has 138 valence electrons. The van der Waals surface area contributed by atoms with E-state index in [9.17, 15) is 8.42 Å². The standard InChI is InChI=1S/C15H25N3O3S2.HI/c1-3-16-14(17-11-13-5-4-10-22-13)18-12-15(23(2,19)20)6-8-21-9-7-15;/h4-5,10H,3,6-9,11-12H2,1-2H3,(H2,16,17,18);1H. The van der Waals surface area contributed by atoms with Gasteiger partial charge in [-0.15, -0.1) is 35.3 Å². The van der Waals surface area contributed by atoms with Gasteiger partial charge >= 0.3 is 0 Å². The number of guanidine groups is 1. The highest BCUT2D eigenvalue weighted by Gasteiger charge is 2.42. The van der Waals surface area contributed by atoms with Gasteiger partial charge in [-0.2, -0.15) is 0 Å². The van der Waals surface area contributed by atoms with E-state index < -0.39 is 14.6 Å². The molecule has 0 aliphatic carbocycles. The summed E-state index contributed by atoms with van der Waals surface area (Å²) in [6.07, 6.45) is 2.35. The number of hydrogen-bond acceptors (Lipinski definition) is 5. The van der Waals surface area contributed by atoms with Crippen LogP contribution in [0.25, 0.3) is 0 Å². The van der Waals surface area contributed by atoms with Crippen molar-refractivity contribution in [1.29, 1.82) is 0 Å². The van der Waals surface area contributed by atoms with Crippen LogP contribution in [0, 0.1) is 0 Å². The summed E-state index contributed by atoms with van der Waals surface area (Å²) >= 11 is 1.66. The van der Waals surface area contributed by atoms with Crippen LogP contribution >= 0.6 is 35.3 Å². The Hall–Kier alpha value is -0.390. The van der Waals surface area contributed by atoms with Crippen molar-refractivity contribution in [1.82, 2.24) is 10.6 Å². The van der Waals surface area contributed by atoms with E-state index in [4.69, 9.17) is 4.74 Å². The maximum Gasteiger partial charge on any atom is 0.191 e. The summed E-state index contributed by atoms with van der Waals surface area (Å²) < 4.78 is 29.1. The molecule has 1 aliphatic heterocycles. The molecule has 0 aromatic carbocycles. The number of nitrogens with one attached hydrogen (secondary N) is 2. The van der Waals surface area contributed by atoms with Crippen LogP contribution in [0.15, 0.2) is 22.5 Å². The second-order valence-electron chi connectivity index (χ2n) is 5.70. The van der Waals surface area contributed by atoms with Crippen molar-refractivity contribution in [2.24, 2.45) is 4.99 Å². The van der Waals surface area contributed by atoms with Gasteiger partial charge in [0.25, 0.3) is 0 Å². The third-order valence-electron chi connectivity index (χ3n) is 4.09. The summed E-state index contributed by atoms with van der Waals surface area (Å²) in [5.74, 6) is 0.649. The molecular formula is C15H26IN3O3S2. The summed E-state index contributed by atoms with van der Waals surface area (Å²) in [5, 5.41) is 8.40. The molecule has 2 heterocycles. The zero-order chi connectivity index (χ0) is 16.8. The van der Waals surface area contributed by atoms with Gasteiger partial charge in [0.1, 0.15) is 0 Å². The van der Waals surface area contributed by atoms with E-state index in [-0.39, 0.29) is 24.0 Å². The molecule has 2 N–H and O–H groups in total. The molecule has 1 aromatic heterocycles. The van der Waals surface area contributed by atoms with Crippen molar-refractivity contribution in [3.8, 4) is 0 Å². The monoisotopic (exact) mass is 487 g/mol. The van der Waals surface area contributed by atoms with E-state index in [1.165, 1.54) is 11.1 Å². The van der Waals surface area contributed by atoms with E-state index in [0.29, 0.717) is 45.1 Å². The summed E-state index contributed by atoms with van der Waals surface area (Å²) in [7, 11) is -3.18. The number of hydrogen-bond donors (Lipinski definition) is 2. The van der Waals surface area contributed by atoms with Gasteiger partial charge in [0.05, 0.1) is 11.3 Å². The van der Waals surface area contributed by atoms with E-state index in [2.05, 4.69) is 15.6 Å². The Morgan fingerprint density at radius 2 is 2.08 bits per heavy atom. The normalized spacial score (nSPS) is 17.8. The molecule has 0 saturated carbocycles. The molecule has 2 rings (SSSR count). The average Bonchev–Trinajstić information content (AvgIpc) is 3.03. The smallest absolute Gasteiger partial charge is 0.191 e. The molecule has 0 unspecified atom stereocenters. The van der Waals surface area contributed by atoms with Gasteiger partial charge in [0.15, 0.2) is 15.8 Å². The van der Waals surface area contributed by atoms with Crippen LogP contribution in [0.5, 0.6) is 0 Å². The Balaban J connectivity index is 0.00000288. The Morgan fingerprint density at radius 1 is 1.38 bits per heavy atom. The van der Waals surface area contributed by atoms with E-state index in [1.807, 2.05) is 24.4 Å². The molecule has 0 radical (unpaired) electrons. The fourth-order valence-corrected chi connectivity index (χ4v) is 4.44. The van der Waals surface area contributed by atoms with Crippen LogP contribution in [0.4, 0.5) is 0 Å². The van der Waals surface area contributed by atoms with Crippen molar-refractivity contribution >= 4 is 51.1 Å². The van der Waals surface area contributed by atoms with Gasteiger partial charge in [0, 0.05) is 37.4 Å². The minimum atomic E-state index is -3.18. The molecule has 0 bridgehead atoms. The van der Waals surface area contributed by atoms with Crippen LogP contribution in [0.1, 0.15) is 24.6 Å². The maximum atomic E-state index is 12.3. The van der Waals surface area contributed by atoms with Gasteiger partial charge in [-0.25, -0.2) is 13.4 Å². The maximum absolute atomic E-state index is 12.3. The number of aliphatic imine (C=N–C) groups is 1. The Labute approximate surface area is 165 Å². The van der Waals surface area contributed by atoms with Crippen LogP contribution in [-0.2, 0) is 21.1 Å². The first-order valence-electron chi connectivity index (χ1n) is 7.79. The predicted octanol–water partition coefficient (Wildman–Crippen LogP) is 2.02. The van der Waals surface area contributed by atoms with Gasteiger partial charge in [-0.05, 0) is 31.2 Å². The summed E-state index contributed by atoms with van der Waals surface area (Å²) in [4.78, 5) is 5.70. The highest BCUT2D eigenvalue weighted by molar-refractivity contribution is 14.0. The van der Waals surface area contributed by atoms with Crippen LogP contribution in [-0.4, -0.2) is 51.7 Å². The molecule has 1 aliphatic rings.